The molecule has 7 heteroatoms. The fourth-order valence-corrected chi connectivity index (χ4v) is 1.20. The van der Waals surface area contributed by atoms with Gasteiger partial charge in [-0.2, -0.15) is 0 Å². The molecule has 0 atom stereocenters. The average Bonchev–Trinajstić information content (AvgIpc) is 2.70. The van der Waals surface area contributed by atoms with E-state index in [-0.39, 0.29) is 0 Å². The fraction of sp³-hybridized carbons (Fsp3) is 0.125. The van der Waals surface area contributed by atoms with Crippen LogP contribution >= 0.6 is 0 Å². The maximum atomic E-state index is 7.50. The first kappa shape index (κ1) is 32.7. The molecule has 0 aliphatic carbocycles. The first-order chi connectivity index (χ1) is 11.3. The fourth-order valence-electron chi connectivity index (χ4n) is 0.860. The van der Waals surface area contributed by atoms with Crippen molar-refractivity contribution in [2.45, 2.75) is 6.42 Å². The Bertz CT molecular complexity index is 471. The molecular formula is C16H10CrO6. The van der Waals surface area contributed by atoms with E-state index in [4.69, 9.17) is 34.4 Å². The van der Waals surface area contributed by atoms with Gasteiger partial charge in [0, 0.05) is 0 Å². The van der Waals surface area contributed by atoms with E-state index in [0.717, 1.165) is 10.1 Å². The van der Waals surface area contributed by atoms with Crippen molar-refractivity contribution >= 4 is 4.57 Å². The van der Waals surface area contributed by atoms with Crippen LogP contribution in [-0.2, 0) is 43.8 Å². The predicted molar refractivity (Wildman–Crippen MR) is 69.6 cm³/mol. The van der Waals surface area contributed by atoms with Crippen LogP contribution in [-0.4, -0.2) is 11.2 Å². The summed E-state index contributed by atoms with van der Waals surface area (Å²) in [5, 5.41) is 0. The van der Waals surface area contributed by atoms with Crippen LogP contribution in [0.4, 0.5) is 0 Å². The number of ether oxygens (including phenoxy) is 1. The Morgan fingerprint density at radius 1 is 0.913 bits per heavy atom. The first-order valence-electron chi connectivity index (χ1n) is 5.02. The number of terminal acetylenes is 1. The zero-order valence-electron chi connectivity index (χ0n) is 11.7. The van der Waals surface area contributed by atoms with Gasteiger partial charge in [0.2, 0.25) is 0 Å². The van der Waals surface area contributed by atoms with Gasteiger partial charge >= 0.3 is 143 Å². The molecular weight excluding hydrogens is 340 g/mol. The van der Waals surface area contributed by atoms with Crippen molar-refractivity contribution in [3.05, 3.63) is 69.1 Å². The zero-order valence-corrected chi connectivity index (χ0v) is 13.0. The molecule has 0 fully saturated rings. The van der Waals surface area contributed by atoms with E-state index in [2.05, 4.69) is 55.0 Å². The van der Waals surface area contributed by atoms with Crippen LogP contribution in [0.5, 0.6) is 0 Å². The van der Waals surface area contributed by atoms with Crippen LogP contribution in [0.15, 0.2) is 30.3 Å². The molecule has 0 heterocycles. The summed E-state index contributed by atoms with van der Waals surface area (Å²) in [5.41, 5.74) is 1.06. The minimum absolute atomic E-state index is 0.563. The standard InChI is InChI=1S/C11H10O.5CO.Cr/c1-2-3-9-12-10-11-7-5-4-6-8-11;5*1-2;/h1,4-8H,3,9H2;;;;;;. The maximum absolute atomic E-state index is 7.50. The Morgan fingerprint density at radius 2 is 1.30 bits per heavy atom. The second kappa shape index (κ2) is 42.7. The van der Waals surface area contributed by atoms with Crippen molar-refractivity contribution < 1.29 is 43.8 Å². The zero-order chi connectivity index (χ0) is 19.5. The topological polar surface area (TPSA) is 109 Å². The molecule has 0 saturated heterocycles. The number of hydrogen-bond donors (Lipinski definition) is 0. The minimum atomic E-state index is 0.563. The van der Waals surface area contributed by atoms with E-state index in [9.17, 15) is 0 Å². The van der Waals surface area contributed by atoms with Gasteiger partial charge < -0.3 is 0 Å². The van der Waals surface area contributed by atoms with Crippen molar-refractivity contribution in [3.8, 4) is 12.3 Å². The van der Waals surface area contributed by atoms with Gasteiger partial charge in [0.1, 0.15) is 0 Å². The number of benzene rings is 1. The molecule has 0 amide bonds. The van der Waals surface area contributed by atoms with Crippen molar-refractivity contribution in [2.75, 3.05) is 6.61 Å². The van der Waals surface area contributed by atoms with Gasteiger partial charge in [-0.1, -0.05) is 0 Å². The molecule has 0 radical (unpaired) electrons. The third-order valence-electron chi connectivity index (χ3n) is 1.49. The van der Waals surface area contributed by atoms with Crippen LogP contribution in [0.25, 0.3) is 0 Å². The first-order valence-corrected chi connectivity index (χ1v) is 5.66. The monoisotopic (exact) mass is 350 g/mol. The number of hydrogen-bond acceptors (Lipinski definition) is 1. The van der Waals surface area contributed by atoms with Crippen LogP contribution in [0.1, 0.15) is 12.0 Å². The molecule has 23 heavy (non-hydrogen) atoms. The Morgan fingerprint density at radius 3 is 1.65 bits per heavy atom. The molecule has 116 valence electrons. The van der Waals surface area contributed by atoms with Gasteiger partial charge in [0.05, 0.1) is 0 Å². The summed E-state index contributed by atoms with van der Waals surface area (Å²) >= 11 is 2.88. The third kappa shape index (κ3) is 28.7. The van der Waals surface area contributed by atoms with Crippen LogP contribution in [0.2, 0.25) is 0 Å². The molecule has 0 aliphatic rings. The molecule has 0 aliphatic heterocycles. The van der Waals surface area contributed by atoms with E-state index in [1.807, 2.05) is 30.3 Å². The summed E-state index contributed by atoms with van der Waals surface area (Å²) in [5.74, 6) is 2.52. The van der Waals surface area contributed by atoms with Crippen LogP contribution in [0, 0.1) is 45.6 Å². The molecule has 1 aromatic rings. The Kier molecular flexibility index (Phi) is 60.7. The average molecular weight is 350 g/mol. The summed E-state index contributed by atoms with van der Waals surface area (Å²) in [4.78, 5) is 0. The van der Waals surface area contributed by atoms with Gasteiger partial charge in [0.15, 0.2) is 0 Å². The quantitative estimate of drug-likeness (QED) is 0.349. The van der Waals surface area contributed by atoms with Gasteiger partial charge in [-0.3, -0.25) is 0 Å². The van der Waals surface area contributed by atoms with Crippen molar-refractivity contribution in [3.63, 3.8) is 0 Å². The summed E-state index contributed by atoms with van der Waals surface area (Å²) < 4.78 is 43.7. The predicted octanol–water partition coefficient (Wildman–Crippen LogP) is 1.56. The summed E-state index contributed by atoms with van der Waals surface area (Å²) in [6.45, 7) is 23.1. The van der Waals surface area contributed by atoms with E-state index in [0.29, 0.717) is 13.0 Å². The van der Waals surface area contributed by atoms with E-state index < -0.39 is 0 Å². The molecule has 0 aromatic heterocycles. The molecule has 0 unspecified atom stereocenters. The molecule has 0 bridgehead atoms. The van der Waals surface area contributed by atoms with E-state index >= 15 is 0 Å². The normalized spacial score (nSPS) is 5.61. The molecule has 6 nitrogen and oxygen atoms in total. The molecule has 1 rings (SSSR count). The van der Waals surface area contributed by atoms with E-state index in [1.165, 1.54) is 0 Å². The molecule has 0 N–H and O–H groups in total. The molecule has 0 saturated carbocycles. The Balaban J connectivity index is -0.0000000923. The van der Waals surface area contributed by atoms with Gasteiger partial charge in [-0.15, -0.1) is 0 Å². The second-order valence-corrected chi connectivity index (χ2v) is 3.04. The van der Waals surface area contributed by atoms with Gasteiger partial charge in [-0.05, 0) is 0 Å². The number of rotatable bonds is 4. The van der Waals surface area contributed by atoms with Crippen molar-refractivity contribution in [1.82, 2.24) is 0 Å². The van der Waals surface area contributed by atoms with Crippen LogP contribution < -0.4 is 0 Å². The molecule has 1 aromatic carbocycles. The van der Waals surface area contributed by atoms with Crippen molar-refractivity contribution in [1.29, 1.82) is 0 Å². The van der Waals surface area contributed by atoms with Gasteiger partial charge in [-0.25, -0.2) is 0 Å². The summed E-state index contributed by atoms with van der Waals surface area (Å²) in [6.07, 6.45) is 5.74. The van der Waals surface area contributed by atoms with Crippen LogP contribution in [0.3, 0.4) is 0 Å². The Hall–Kier alpha value is -2.16. The molecule has 0 spiro atoms. The summed E-state index contributed by atoms with van der Waals surface area (Å²) in [6, 6.07) is 9.88. The SMILES string of the molecule is C#CCCO[C](=[Cr])c1ccccc1.[C-]#[O+].[C-]#[O+].[C-]#[O+].[C-]#[O+].[C-]#[O+]. The van der Waals surface area contributed by atoms with Crippen molar-refractivity contribution in [2.24, 2.45) is 0 Å². The Labute approximate surface area is 143 Å². The summed E-state index contributed by atoms with van der Waals surface area (Å²) in [7, 11) is 0. The van der Waals surface area contributed by atoms with E-state index in [1.54, 1.807) is 0 Å². The third-order valence-corrected chi connectivity index (χ3v) is 2.04. The second-order valence-electron chi connectivity index (χ2n) is 2.46. The van der Waals surface area contributed by atoms with Gasteiger partial charge in [0.25, 0.3) is 0 Å².